The number of aromatic nitrogens is 2. The minimum absolute atomic E-state index is 0.00699. The molecule has 1 N–H and O–H groups in total. The predicted octanol–water partition coefficient (Wildman–Crippen LogP) is 2.67. The second kappa shape index (κ2) is 6.55. The molecule has 0 bridgehead atoms. The summed E-state index contributed by atoms with van der Waals surface area (Å²) < 4.78 is 1.68. The van der Waals surface area contributed by atoms with Crippen LogP contribution in [0.4, 0.5) is 0 Å². The van der Waals surface area contributed by atoms with E-state index in [0.29, 0.717) is 17.7 Å². The van der Waals surface area contributed by atoms with Crippen LogP contribution in [0.15, 0.2) is 6.07 Å². The Bertz CT molecular complexity index is 444. The fourth-order valence-electron chi connectivity index (χ4n) is 2.74. The van der Waals surface area contributed by atoms with Gasteiger partial charge in [0, 0.05) is 18.4 Å². The smallest absolute Gasteiger partial charge is 0.269 e. The van der Waals surface area contributed by atoms with Gasteiger partial charge in [-0.05, 0) is 31.2 Å². The summed E-state index contributed by atoms with van der Waals surface area (Å²) in [5, 5.41) is 8.48. The highest BCUT2D eigenvalue weighted by atomic mass is 79.9. The number of carbonyl (C=O) groups excluding carboxylic acids is 1. The number of nitrogens with one attached hydrogen (secondary N) is 1. The Labute approximate surface area is 123 Å². The average molecular weight is 328 g/mol. The Morgan fingerprint density at radius 1 is 1.53 bits per heavy atom. The van der Waals surface area contributed by atoms with Crippen LogP contribution >= 0.6 is 15.9 Å². The topological polar surface area (TPSA) is 46.9 Å². The van der Waals surface area contributed by atoms with Gasteiger partial charge in [-0.2, -0.15) is 5.10 Å². The number of halogens is 1. The number of nitrogens with zero attached hydrogens (tertiary/aromatic N) is 2. The Balaban J connectivity index is 2.05. The summed E-state index contributed by atoms with van der Waals surface area (Å²) in [7, 11) is 1.83. The molecule has 0 spiro atoms. The molecule has 1 heterocycles. The second-order valence-electron chi connectivity index (χ2n) is 5.28. The van der Waals surface area contributed by atoms with Gasteiger partial charge in [-0.3, -0.25) is 9.48 Å². The van der Waals surface area contributed by atoms with E-state index in [0.717, 1.165) is 23.9 Å². The molecule has 0 radical (unpaired) electrons. The van der Waals surface area contributed by atoms with E-state index >= 15 is 0 Å². The largest absolute Gasteiger partial charge is 0.348 e. The minimum Gasteiger partial charge on any atom is -0.348 e. The third kappa shape index (κ3) is 3.38. The van der Waals surface area contributed by atoms with Crippen LogP contribution in [0.2, 0.25) is 0 Å². The van der Waals surface area contributed by atoms with Gasteiger partial charge in [-0.1, -0.05) is 35.7 Å². The van der Waals surface area contributed by atoms with Crippen LogP contribution in [0.25, 0.3) is 0 Å². The fraction of sp³-hybridized carbons (Fsp3) is 0.714. The SMILES string of the molecule is CCc1cc(C(=O)NC2CCCCC2CBr)n(C)n1. The van der Waals surface area contributed by atoms with E-state index in [-0.39, 0.29) is 5.91 Å². The first-order valence-electron chi connectivity index (χ1n) is 7.05. The standard InChI is InChI=1S/C14H22BrN3O/c1-3-11-8-13(18(2)17-11)14(19)16-12-7-5-4-6-10(12)9-15/h8,10,12H,3-7,9H2,1-2H3,(H,16,19). The first kappa shape index (κ1) is 14.6. The molecule has 1 saturated carbocycles. The zero-order valence-electron chi connectivity index (χ0n) is 11.7. The summed E-state index contributed by atoms with van der Waals surface area (Å²) >= 11 is 3.56. The van der Waals surface area contributed by atoms with Crippen molar-refractivity contribution in [1.82, 2.24) is 15.1 Å². The zero-order chi connectivity index (χ0) is 13.8. The fourth-order valence-corrected chi connectivity index (χ4v) is 3.51. The first-order valence-corrected chi connectivity index (χ1v) is 8.17. The highest BCUT2D eigenvalue weighted by Crippen LogP contribution is 2.26. The Morgan fingerprint density at radius 2 is 2.26 bits per heavy atom. The molecule has 1 amide bonds. The van der Waals surface area contributed by atoms with Crippen LogP contribution in [-0.4, -0.2) is 27.1 Å². The molecule has 2 unspecified atom stereocenters. The van der Waals surface area contributed by atoms with Crippen molar-refractivity contribution in [3.05, 3.63) is 17.5 Å². The van der Waals surface area contributed by atoms with Gasteiger partial charge >= 0.3 is 0 Å². The van der Waals surface area contributed by atoms with Gasteiger partial charge in [-0.25, -0.2) is 0 Å². The molecule has 2 atom stereocenters. The van der Waals surface area contributed by atoms with Crippen LogP contribution in [0.1, 0.15) is 48.8 Å². The highest BCUT2D eigenvalue weighted by molar-refractivity contribution is 9.09. The monoisotopic (exact) mass is 327 g/mol. The maximum atomic E-state index is 12.3. The number of amides is 1. The van der Waals surface area contributed by atoms with E-state index < -0.39 is 0 Å². The predicted molar refractivity (Wildman–Crippen MR) is 79.6 cm³/mol. The van der Waals surface area contributed by atoms with Crippen LogP contribution in [0.3, 0.4) is 0 Å². The van der Waals surface area contributed by atoms with E-state index in [2.05, 4.69) is 26.3 Å². The van der Waals surface area contributed by atoms with Gasteiger partial charge < -0.3 is 5.32 Å². The lowest BCUT2D eigenvalue weighted by Gasteiger charge is -2.30. The number of rotatable bonds is 4. The second-order valence-corrected chi connectivity index (χ2v) is 5.92. The van der Waals surface area contributed by atoms with Crippen LogP contribution in [-0.2, 0) is 13.5 Å². The van der Waals surface area contributed by atoms with Gasteiger partial charge in [0.15, 0.2) is 0 Å². The lowest BCUT2D eigenvalue weighted by molar-refractivity contribution is 0.0902. The van der Waals surface area contributed by atoms with Gasteiger partial charge in [-0.15, -0.1) is 0 Å². The molecule has 0 aliphatic heterocycles. The molecule has 2 rings (SSSR count). The van der Waals surface area contributed by atoms with Crippen LogP contribution in [0.5, 0.6) is 0 Å². The van der Waals surface area contributed by atoms with Gasteiger partial charge in [0.2, 0.25) is 0 Å². The molecule has 0 saturated heterocycles. The van der Waals surface area contributed by atoms with Crippen LogP contribution < -0.4 is 5.32 Å². The third-order valence-corrected chi connectivity index (χ3v) is 4.78. The molecule has 106 valence electrons. The molecule has 5 heteroatoms. The Hall–Kier alpha value is -0.840. The molecule has 1 aliphatic rings. The van der Waals surface area contributed by atoms with Gasteiger partial charge in [0.05, 0.1) is 5.69 Å². The summed E-state index contributed by atoms with van der Waals surface area (Å²) in [6.45, 7) is 2.05. The molecule has 4 nitrogen and oxygen atoms in total. The highest BCUT2D eigenvalue weighted by Gasteiger charge is 2.26. The molecule has 1 aromatic heterocycles. The number of carbonyl (C=O) groups is 1. The maximum absolute atomic E-state index is 12.3. The third-order valence-electron chi connectivity index (χ3n) is 3.95. The molecule has 1 fully saturated rings. The van der Waals surface area contributed by atoms with Gasteiger partial charge in [0.25, 0.3) is 5.91 Å². The van der Waals surface area contributed by atoms with E-state index in [1.54, 1.807) is 4.68 Å². The molecule has 1 aliphatic carbocycles. The van der Waals surface area contributed by atoms with Gasteiger partial charge in [0.1, 0.15) is 5.69 Å². The van der Waals surface area contributed by atoms with Crippen LogP contribution in [0, 0.1) is 5.92 Å². The summed E-state index contributed by atoms with van der Waals surface area (Å²) in [4.78, 5) is 12.3. The summed E-state index contributed by atoms with van der Waals surface area (Å²) in [6.07, 6.45) is 5.62. The average Bonchev–Trinajstić information content (AvgIpc) is 2.80. The molecular formula is C14H22BrN3O. The van der Waals surface area contributed by atoms with Crippen molar-refractivity contribution in [2.24, 2.45) is 13.0 Å². The summed E-state index contributed by atoms with van der Waals surface area (Å²) in [6, 6.07) is 2.18. The van der Waals surface area contributed by atoms with E-state index in [1.807, 2.05) is 20.0 Å². The Morgan fingerprint density at radius 3 is 2.89 bits per heavy atom. The minimum atomic E-state index is 0.00699. The number of aryl methyl sites for hydroxylation is 2. The molecule has 1 aromatic rings. The number of alkyl halides is 1. The van der Waals surface area contributed by atoms with Crippen molar-refractivity contribution in [3.63, 3.8) is 0 Å². The molecule has 19 heavy (non-hydrogen) atoms. The molecule has 0 aromatic carbocycles. The van der Waals surface area contributed by atoms with E-state index in [9.17, 15) is 4.79 Å². The summed E-state index contributed by atoms with van der Waals surface area (Å²) in [5.74, 6) is 0.559. The Kier molecular flexibility index (Phi) is 5.02. The maximum Gasteiger partial charge on any atom is 0.269 e. The van der Waals surface area contributed by atoms with Crippen molar-refractivity contribution >= 4 is 21.8 Å². The number of hydrogen-bond donors (Lipinski definition) is 1. The van der Waals surface area contributed by atoms with Crippen molar-refractivity contribution in [1.29, 1.82) is 0 Å². The lowest BCUT2D eigenvalue weighted by Crippen LogP contribution is -2.43. The van der Waals surface area contributed by atoms with E-state index in [1.165, 1.54) is 19.3 Å². The summed E-state index contributed by atoms with van der Waals surface area (Å²) in [5.41, 5.74) is 1.63. The van der Waals surface area contributed by atoms with Crippen molar-refractivity contribution in [2.45, 2.75) is 45.1 Å². The van der Waals surface area contributed by atoms with Crippen molar-refractivity contribution in [3.8, 4) is 0 Å². The van der Waals surface area contributed by atoms with Crippen molar-refractivity contribution in [2.75, 3.05) is 5.33 Å². The van der Waals surface area contributed by atoms with Crippen molar-refractivity contribution < 1.29 is 4.79 Å². The lowest BCUT2D eigenvalue weighted by atomic mass is 9.86. The molecular weight excluding hydrogens is 306 g/mol. The first-order chi connectivity index (χ1) is 9.15. The van der Waals surface area contributed by atoms with E-state index in [4.69, 9.17) is 0 Å². The quantitative estimate of drug-likeness (QED) is 0.864. The normalized spacial score (nSPS) is 23.3. The zero-order valence-corrected chi connectivity index (χ0v) is 13.2. The number of hydrogen-bond acceptors (Lipinski definition) is 2.